The van der Waals surface area contributed by atoms with Gasteiger partial charge in [-0.3, -0.25) is 9.59 Å². The van der Waals surface area contributed by atoms with E-state index in [0.717, 1.165) is 38.8 Å². The number of carbonyl (C=O) groups excluding carboxylic acids is 3. The number of esters is 1. The van der Waals surface area contributed by atoms with Gasteiger partial charge in [0.05, 0.1) is 5.56 Å². The van der Waals surface area contributed by atoms with E-state index in [-0.39, 0.29) is 11.5 Å². The first-order valence-corrected chi connectivity index (χ1v) is 11.5. The van der Waals surface area contributed by atoms with E-state index >= 15 is 0 Å². The van der Waals surface area contributed by atoms with Crippen molar-refractivity contribution in [1.29, 1.82) is 0 Å². The number of hydrogen-bond donors (Lipinski definition) is 2. The van der Waals surface area contributed by atoms with Crippen LogP contribution in [0, 0.1) is 13.8 Å². The van der Waals surface area contributed by atoms with Crippen LogP contribution in [0.3, 0.4) is 0 Å². The van der Waals surface area contributed by atoms with Gasteiger partial charge in [-0.2, -0.15) is 0 Å². The molecular weight excluding hydrogens is 438 g/mol. The molecule has 0 aliphatic carbocycles. The molecule has 0 atom stereocenters. The molecular formula is C25H25N3O4S. The molecule has 2 N–H and O–H groups in total. The van der Waals surface area contributed by atoms with Crippen LogP contribution >= 0.6 is 11.3 Å². The predicted molar refractivity (Wildman–Crippen MR) is 132 cm³/mol. The molecule has 8 heteroatoms. The van der Waals surface area contributed by atoms with E-state index in [1.807, 2.05) is 37.3 Å². The molecule has 0 radical (unpaired) electrons. The van der Waals surface area contributed by atoms with Crippen LogP contribution in [0.15, 0.2) is 42.5 Å². The van der Waals surface area contributed by atoms with Crippen LogP contribution in [-0.4, -0.2) is 29.0 Å². The van der Waals surface area contributed by atoms with Crippen molar-refractivity contribution in [3.05, 3.63) is 58.5 Å². The molecule has 0 spiro atoms. The van der Waals surface area contributed by atoms with Gasteiger partial charge < -0.3 is 19.9 Å². The molecule has 0 fully saturated rings. The summed E-state index contributed by atoms with van der Waals surface area (Å²) in [5.41, 5.74) is 3.88. The summed E-state index contributed by atoms with van der Waals surface area (Å²) in [4.78, 5) is 37.5. The standard InChI is InChI=1S/C25H25N3O4S/c1-5-28-20-9-7-6-8-18(20)19-12-17(10-11-21(19)28)27-22(30)13-32-25(31)23-14(2)15(3)33-24(23)26-16(4)29/h6-12H,5,13H2,1-4H3,(H,26,29)(H,27,30). The maximum absolute atomic E-state index is 12.6. The smallest absolute Gasteiger partial charge is 0.341 e. The van der Waals surface area contributed by atoms with Crippen LogP contribution in [0.5, 0.6) is 0 Å². The Kier molecular flexibility index (Phi) is 6.20. The molecule has 2 amide bonds. The van der Waals surface area contributed by atoms with Gasteiger partial charge in [-0.05, 0) is 50.6 Å². The molecule has 0 unspecified atom stereocenters. The highest BCUT2D eigenvalue weighted by atomic mass is 32.1. The molecule has 0 aliphatic rings. The largest absolute Gasteiger partial charge is 0.452 e. The van der Waals surface area contributed by atoms with Gasteiger partial charge in [0.25, 0.3) is 5.91 Å². The van der Waals surface area contributed by atoms with Gasteiger partial charge in [0.2, 0.25) is 5.91 Å². The van der Waals surface area contributed by atoms with E-state index < -0.39 is 18.5 Å². The number of benzene rings is 2. The third-order valence-electron chi connectivity index (χ3n) is 5.59. The molecule has 2 aromatic carbocycles. The van der Waals surface area contributed by atoms with Crippen molar-refractivity contribution >= 4 is 61.6 Å². The fourth-order valence-corrected chi connectivity index (χ4v) is 5.09. The van der Waals surface area contributed by atoms with Crippen LogP contribution in [0.1, 0.15) is 34.6 Å². The number of fused-ring (bicyclic) bond motifs is 3. The highest BCUT2D eigenvalue weighted by Gasteiger charge is 2.22. The number of amides is 2. The van der Waals surface area contributed by atoms with E-state index in [1.54, 1.807) is 6.92 Å². The lowest BCUT2D eigenvalue weighted by atomic mass is 10.1. The number of hydrogen-bond acceptors (Lipinski definition) is 5. The first-order chi connectivity index (χ1) is 15.8. The second-order valence-corrected chi connectivity index (χ2v) is 9.01. The minimum absolute atomic E-state index is 0.275. The molecule has 0 saturated carbocycles. The minimum Gasteiger partial charge on any atom is -0.452 e. The molecule has 0 aliphatic heterocycles. The highest BCUT2D eigenvalue weighted by Crippen LogP contribution is 2.33. The Balaban J connectivity index is 1.49. The molecule has 33 heavy (non-hydrogen) atoms. The molecule has 2 heterocycles. The van der Waals surface area contributed by atoms with Gasteiger partial charge in [-0.15, -0.1) is 11.3 Å². The van der Waals surface area contributed by atoms with Crippen LogP contribution < -0.4 is 10.6 Å². The minimum atomic E-state index is -0.641. The Morgan fingerprint density at radius 1 is 1.00 bits per heavy atom. The Morgan fingerprint density at radius 2 is 1.73 bits per heavy atom. The SMILES string of the molecule is CCn1c2ccccc2c2cc(NC(=O)COC(=O)c3c(NC(C)=O)sc(C)c3C)ccc21. The lowest BCUT2D eigenvalue weighted by Gasteiger charge is -2.09. The van der Waals surface area contributed by atoms with Crippen LogP contribution in [0.4, 0.5) is 10.7 Å². The lowest BCUT2D eigenvalue weighted by molar-refractivity contribution is -0.119. The Labute approximate surface area is 195 Å². The lowest BCUT2D eigenvalue weighted by Crippen LogP contribution is -2.21. The second-order valence-electron chi connectivity index (χ2n) is 7.79. The third kappa shape index (κ3) is 4.34. The van der Waals surface area contributed by atoms with Gasteiger partial charge in [-0.25, -0.2) is 4.79 Å². The van der Waals surface area contributed by atoms with Crippen molar-refractivity contribution in [3.63, 3.8) is 0 Å². The van der Waals surface area contributed by atoms with Crippen molar-refractivity contribution in [1.82, 2.24) is 4.57 Å². The van der Waals surface area contributed by atoms with Gasteiger partial charge in [-0.1, -0.05) is 18.2 Å². The number of aromatic nitrogens is 1. The zero-order valence-electron chi connectivity index (χ0n) is 18.9. The molecule has 7 nitrogen and oxygen atoms in total. The third-order valence-corrected chi connectivity index (χ3v) is 6.71. The number of ether oxygens (including phenoxy) is 1. The number of carbonyl (C=O) groups is 3. The monoisotopic (exact) mass is 463 g/mol. The molecule has 0 bridgehead atoms. The van der Waals surface area contributed by atoms with Crippen LogP contribution in [0.2, 0.25) is 0 Å². The fourth-order valence-electron chi connectivity index (χ4n) is 3.99. The summed E-state index contributed by atoms with van der Waals surface area (Å²) in [6.07, 6.45) is 0. The first-order valence-electron chi connectivity index (χ1n) is 10.7. The number of nitrogens with zero attached hydrogens (tertiary/aromatic N) is 1. The summed E-state index contributed by atoms with van der Waals surface area (Å²) in [5, 5.41) is 8.06. The van der Waals surface area contributed by atoms with Gasteiger partial charge >= 0.3 is 5.97 Å². The Hall–Kier alpha value is -3.65. The van der Waals surface area contributed by atoms with Crippen molar-refractivity contribution in [2.45, 2.75) is 34.2 Å². The van der Waals surface area contributed by atoms with E-state index in [9.17, 15) is 14.4 Å². The van der Waals surface area contributed by atoms with Gasteiger partial charge in [0, 0.05) is 45.8 Å². The fraction of sp³-hybridized carbons (Fsp3) is 0.240. The predicted octanol–water partition coefficient (Wildman–Crippen LogP) is 5.25. The summed E-state index contributed by atoms with van der Waals surface area (Å²) in [6.45, 7) is 7.54. The first kappa shape index (κ1) is 22.5. The zero-order chi connectivity index (χ0) is 23.7. The number of aryl methyl sites for hydroxylation is 2. The average Bonchev–Trinajstić information content (AvgIpc) is 3.24. The van der Waals surface area contributed by atoms with Gasteiger partial charge in [0.15, 0.2) is 6.61 Å². The molecule has 4 rings (SSSR count). The Bertz CT molecular complexity index is 1400. The number of anilines is 2. The van der Waals surface area contributed by atoms with E-state index in [4.69, 9.17) is 4.74 Å². The highest BCUT2D eigenvalue weighted by molar-refractivity contribution is 7.16. The summed E-state index contributed by atoms with van der Waals surface area (Å²) in [5.74, 6) is -1.35. The van der Waals surface area contributed by atoms with Gasteiger partial charge in [0.1, 0.15) is 5.00 Å². The van der Waals surface area contributed by atoms with E-state index in [2.05, 4.69) is 34.3 Å². The molecule has 2 aromatic heterocycles. The average molecular weight is 464 g/mol. The zero-order valence-corrected chi connectivity index (χ0v) is 19.8. The summed E-state index contributed by atoms with van der Waals surface area (Å²) >= 11 is 1.30. The summed E-state index contributed by atoms with van der Waals surface area (Å²) in [7, 11) is 0. The topological polar surface area (TPSA) is 89.4 Å². The van der Waals surface area contributed by atoms with Crippen molar-refractivity contribution in [3.8, 4) is 0 Å². The summed E-state index contributed by atoms with van der Waals surface area (Å²) in [6, 6.07) is 13.9. The van der Waals surface area contributed by atoms with Crippen LogP contribution in [-0.2, 0) is 20.9 Å². The number of para-hydroxylation sites is 1. The van der Waals surface area contributed by atoms with E-state index in [0.29, 0.717) is 10.7 Å². The van der Waals surface area contributed by atoms with Crippen molar-refractivity contribution in [2.75, 3.05) is 17.2 Å². The van der Waals surface area contributed by atoms with Crippen LogP contribution in [0.25, 0.3) is 21.8 Å². The molecule has 4 aromatic rings. The maximum atomic E-state index is 12.6. The van der Waals surface area contributed by atoms with Crippen molar-refractivity contribution in [2.24, 2.45) is 0 Å². The normalized spacial score (nSPS) is 11.0. The second kappa shape index (κ2) is 9.07. The molecule has 170 valence electrons. The number of thiophene rings is 1. The quantitative estimate of drug-likeness (QED) is 0.382. The number of rotatable bonds is 6. The summed E-state index contributed by atoms with van der Waals surface area (Å²) < 4.78 is 7.49. The maximum Gasteiger partial charge on any atom is 0.341 e. The molecule has 0 saturated heterocycles. The van der Waals surface area contributed by atoms with E-state index in [1.165, 1.54) is 18.3 Å². The Morgan fingerprint density at radius 3 is 2.45 bits per heavy atom. The number of nitrogens with one attached hydrogen (secondary N) is 2. The van der Waals surface area contributed by atoms with Crippen molar-refractivity contribution < 1.29 is 19.1 Å².